The highest BCUT2D eigenvalue weighted by molar-refractivity contribution is 7.99. The first-order chi connectivity index (χ1) is 14.7. The molecule has 2 aromatic rings. The summed E-state index contributed by atoms with van der Waals surface area (Å²) in [6.07, 6.45) is 1.32. The third kappa shape index (κ3) is 8.78. The zero-order chi connectivity index (χ0) is 22.9. The van der Waals surface area contributed by atoms with E-state index in [2.05, 4.69) is 48.6 Å². The Morgan fingerprint density at radius 1 is 1.00 bits per heavy atom. The number of benzene rings is 2. The van der Waals surface area contributed by atoms with Crippen LogP contribution in [0.5, 0.6) is 0 Å². The minimum absolute atomic E-state index is 0.0175. The van der Waals surface area contributed by atoms with Crippen LogP contribution in [0.3, 0.4) is 0 Å². The molecule has 0 radical (unpaired) electrons. The summed E-state index contributed by atoms with van der Waals surface area (Å²) in [7, 11) is 0. The van der Waals surface area contributed by atoms with Crippen molar-refractivity contribution in [3.05, 3.63) is 71.3 Å². The third-order valence-corrected chi connectivity index (χ3v) is 5.97. The summed E-state index contributed by atoms with van der Waals surface area (Å²) >= 11 is 1.60. The molecular weight excluding hydrogens is 404 g/mol. The van der Waals surface area contributed by atoms with Gasteiger partial charge in [-0.1, -0.05) is 67.1 Å². The lowest BCUT2D eigenvalue weighted by molar-refractivity contribution is -0.139. The Hall–Kier alpha value is -2.27. The van der Waals surface area contributed by atoms with Gasteiger partial charge in [-0.05, 0) is 51.7 Å². The van der Waals surface area contributed by atoms with Crippen molar-refractivity contribution in [1.29, 1.82) is 0 Å². The summed E-state index contributed by atoms with van der Waals surface area (Å²) in [5.74, 6) is 1.08. The van der Waals surface area contributed by atoms with Crippen LogP contribution in [0.15, 0.2) is 54.6 Å². The molecule has 1 atom stereocenters. The molecule has 2 rings (SSSR count). The van der Waals surface area contributed by atoms with E-state index < -0.39 is 6.04 Å². The van der Waals surface area contributed by atoms with Crippen LogP contribution in [0.1, 0.15) is 50.8 Å². The number of rotatable bonds is 10. The second-order valence-electron chi connectivity index (χ2n) is 8.96. The smallest absolute Gasteiger partial charge is 0.243 e. The van der Waals surface area contributed by atoms with Crippen LogP contribution in [0.4, 0.5) is 0 Å². The summed E-state index contributed by atoms with van der Waals surface area (Å²) in [6, 6.07) is 18.0. The van der Waals surface area contributed by atoms with Crippen LogP contribution in [-0.2, 0) is 21.8 Å². The van der Waals surface area contributed by atoms with Gasteiger partial charge in [-0.25, -0.2) is 0 Å². The lowest BCUT2D eigenvalue weighted by Gasteiger charge is -2.33. The lowest BCUT2D eigenvalue weighted by atomic mass is 10.1. The number of carbonyl (C=O) groups is 2. The molecule has 0 unspecified atom stereocenters. The zero-order valence-electron chi connectivity index (χ0n) is 19.5. The summed E-state index contributed by atoms with van der Waals surface area (Å²) < 4.78 is 0. The van der Waals surface area contributed by atoms with E-state index >= 15 is 0 Å². The predicted molar refractivity (Wildman–Crippen MR) is 131 cm³/mol. The van der Waals surface area contributed by atoms with Gasteiger partial charge in [0.1, 0.15) is 6.04 Å². The number of hydrogen-bond acceptors (Lipinski definition) is 3. The Labute approximate surface area is 191 Å². The number of nitrogens with one attached hydrogen (secondary N) is 1. The molecule has 0 fully saturated rings. The van der Waals surface area contributed by atoms with Crippen LogP contribution >= 0.6 is 11.8 Å². The van der Waals surface area contributed by atoms with Gasteiger partial charge in [0, 0.05) is 17.8 Å². The second-order valence-corrected chi connectivity index (χ2v) is 9.95. The fourth-order valence-corrected chi connectivity index (χ4v) is 4.24. The molecule has 0 aliphatic heterocycles. The van der Waals surface area contributed by atoms with E-state index in [0.717, 1.165) is 12.2 Å². The molecule has 0 aliphatic carbocycles. The highest BCUT2D eigenvalue weighted by atomic mass is 32.2. The van der Waals surface area contributed by atoms with E-state index in [9.17, 15) is 9.59 Å². The van der Waals surface area contributed by atoms with E-state index in [1.54, 1.807) is 16.7 Å². The Bertz CT molecular complexity index is 829. The molecule has 0 spiro atoms. The Morgan fingerprint density at radius 2 is 1.65 bits per heavy atom. The molecule has 0 bridgehead atoms. The van der Waals surface area contributed by atoms with Crippen molar-refractivity contribution < 1.29 is 9.59 Å². The van der Waals surface area contributed by atoms with E-state index in [0.29, 0.717) is 18.7 Å². The number of hydrogen-bond donors (Lipinski definition) is 1. The molecule has 31 heavy (non-hydrogen) atoms. The fraction of sp³-hybridized carbons (Fsp3) is 0.462. The Morgan fingerprint density at radius 3 is 2.23 bits per heavy atom. The summed E-state index contributed by atoms with van der Waals surface area (Å²) in [5.41, 5.74) is 3.27. The van der Waals surface area contributed by atoms with Crippen molar-refractivity contribution in [2.75, 3.05) is 12.3 Å². The normalized spacial score (nSPS) is 12.3. The first-order valence-corrected chi connectivity index (χ1v) is 12.1. The summed E-state index contributed by atoms with van der Waals surface area (Å²) in [5, 5.41) is 3.05. The highest BCUT2D eigenvalue weighted by Gasteiger charge is 2.30. The maximum absolute atomic E-state index is 13.2. The van der Waals surface area contributed by atoms with E-state index in [-0.39, 0.29) is 17.4 Å². The van der Waals surface area contributed by atoms with Crippen LogP contribution in [0.2, 0.25) is 0 Å². The standard InChI is InChI=1S/C26H36N2O2S/c1-6-23(25(30)27-26(3,4)5)28(17-16-21-10-8-7-9-11-21)24(29)19-31-18-22-14-12-20(2)13-15-22/h7-15,23H,6,16-19H2,1-5H3,(H,27,30)/t23-/m0/s1. The number of thioether (sulfide) groups is 1. The fourth-order valence-electron chi connectivity index (χ4n) is 3.37. The van der Waals surface area contributed by atoms with Gasteiger partial charge in [-0.3, -0.25) is 9.59 Å². The maximum atomic E-state index is 13.2. The van der Waals surface area contributed by atoms with Gasteiger partial charge in [-0.15, -0.1) is 11.8 Å². The molecule has 0 saturated heterocycles. The minimum atomic E-state index is -0.463. The van der Waals surface area contributed by atoms with Crippen molar-refractivity contribution in [2.24, 2.45) is 0 Å². The maximum Gasteiger partial charge on any atom is 0.243 e. The SMILES string of the molecule is CC[C@@H](C(=O)NC(C)(C)C)N(CCc1ccccc1)C(=O)CSCc1ccc(C)cc1. The van der Waals surface area contributed by atoms with Crippen LogP contribution in [0.25, 0.3) is 0 Å². The van der Waals surface area contributed by atoms with Crippen molar-refractivity contribution in [2.45, 2.75) is 64.8 Å². The second kappa shape index (κ2) is 11.9. The number of aryl methyl sites for hydroxylation is 1. The number of amides is 2. The van der Waals surface area contributed by atoms with Crippen molar-refractivity contribution >= 4 is 23.6 Å². The van der Waals surface area contributed by atoms with Crippen molar-refractivity contribution in [3.63, 3.8) is 0 Å². The molecule has 0 saturated carbocycles. The number of nitrogens with zero attached hydrogens (tertiary/aromatic N) is 1. The topological polar surface area (TPSA) is 49.4 Å². The van der Waals surface area contributed by atoms with E-state index in [4.69, 9.17) is 0 Å². The molecule has 5 heteroatoms. The zero-order valence-corrected chi connectivity index (χ0v) is 20.3. The van der Waals surface area contributed by atoms with Crippen LogP contribution in [-0.4, -0.2) is 40.6 Å². The molecular formula is C26H36N2O2S. The van der Waals surface area contributed by atoms with Gasteiger partial charge in [0.25, 0.3) is 0 Å². The largest absolute Gasteiger partial charge is 0.350 e. The van der Waals surface area contributed by atoms with Crippen LogP contribution < -0.4 is 5.32 Å². The average molecular weight is 441 g/mol. The predicted octanol–water partition coefficient (Wildman–Crippen LogP) is 4.99. The number of carbonyl (C=O) groups excluding carboxylic acids is 2. The third-order valence-electron chi connectivity index (χ3n) is 4.98. The van der Waals surface area contributed by atoms with Crippen molar-refractivity contribution in [1.82, 2.24) is 10.2 Å². The van der Waals surface area contributed by atoms with E-state index in [1.165, 1.54) is 16.7 Å². The van der Waals surface area contributed by atoms with E-state index in [1.807, 2.05) is 45.9 Å². The lowest BCUT2D eigenvalue weighted by Crippen LogP contribution is -2.54. The molecule has 1 N–H and O–H groups in total. The van der Waals surface area contributed by atoms with Gasteiger partial charge in [0.15, 0.2) is 0 Å². The molecule has 2 aromatic carbocycles. The van der Waals surface area contributed by atoms with Gasteiger partial charge in [0.05, 0.1) is 5.75 Å². The first kappa shape index (κ1) is 25.0. The molecule has 168 valence electrons. The van der Waals surface area contributed by atoms with Crippen LogP contribution in [0, 0.1) is 6.92 Å². The molecule has 4 nitrogen and oxygen atoms in total. The Kier molecular flexibility index (Phi) is 9.63. The van der Waals surface area contributed by atoms with Gasteiger partial charge in [0.2, 0.25) is 11.8 Å². The molecule has 0 aromatic heterocycles. The summed E-state index contributed by atoms with van der Waals surface area (Å²) in [6.45, 7) is 10.5. The monoisotopic (exact) mass is 440 g/mol. The summed E-state index contributed by atoms with van der Waals surface area (Å²) in [4.78, 5) is 27.9. The average Bonchev–Trinajstić information content (AvgIpc) is 2.71. The van der Waals surface area contributed by atoms with Gasteiger partial charge in [-0.2, -0.15) is 0 Å². The minimum Gasteiger partial charge on any atom is -0.350 e. The van der Waals surface area contributed by atoms with Gasteiger partial charge >= 0.3 is 0 Å². The highest BCUT2D eigenvalue weighted by Crippen LogP contribution is 2.17. The van der Waals surface area contributed by atoms with Crippen molar-refractivity contribution in [3.8, 4) is 0 Å². The molecule has 2 amide bonds. The van der Waals surface area contributed by atoms with Gasteiger partial charge < -0.3 is 10.2 Å². The first-order valence-electron chi connectivity index (χ1n) is 11.0. The molecule has 0 heterocycles. The Balaban J connectivity index is 2.07. The molecule has 0 aliphatic rings. The quantitative estimate of drug-likeness (QED) is 0.566.